The van der Waals surface area contributed by atoms with Gasteiger partial charge >= 0.3 is 0 Å². The van der Waals surface area contributed by atoms with Crippen LogP contribution in [-0.2, 0) is 12.8 Å². The van der Waals surface area contributed by atoms with Gasteiger partial charge in [-0.05, 0) is 97.8 Å². The Morgan fingerprint density at radius 3 is 2.40 bits per heavy atom. The minimum Gasteiger partial charge on any atom is -0.313 e. The van der Waals surface area contributed by atoms with Crippen molar-refractivity contribution < 1.29 is 0 Å². The van der Waals surface area contributed by atoms with E-state index in [1.807, 2.05) is 55.5 Å². The lowest BCUT2D eigenvalue weighted by atomic mass is 9.94. The number of hydrogen-bond donors (Lipinski definition) is 0. The van der Waals surface area contributed by atoms with Crippen LogP contribution < -0.4 is 0 Å². The Kier molecular flexibility index (Phi) is 9.40. The van der Waals surface area contributed by atoms with Crippen molar-refractivity contribution in [3.8, 4) is 35.0 Å². The molecular weight excluding hydrogens is 635 g/mol. The third-order valence-corrected chi connectivity index (χ3v) is 9.88. The zero-order valence-corrected chi connectivity index (χ0v) is 29.4. The first kappa shape index (κ1) is 33.6. The molecule has 0 N–H and O–H groups in total. The smallest absolute Gasteiger partial charge is 0.0992 e. The van der Waals surface area contributed by atoms with Gasteiger partial charge in [0.25, 0.3) is 0 Å². The molecule has 52 heavy (non-hydrogen) atoms. The van der Waals surface area contributed by atoms with E-state index < -0.39 is 0 Å². The Balaban J connectivity index is 1.34. The molecule has 0 radical (unpaired) electrons. The highest BCUT2D eigenvalue weighted by Crippen LogP contribution is 2.38. The van der Waals surface area contributed by atoms with Gasteiger partial charge in [-0.15, -0.1) is 6.58 Å². The van der Waals surface area contributed by atoms with Crippen molar-refractivity contribution in [3.05, 3.63) is 161 Å². The van der Waals surface area contributed by atoms with Crippen molar-refractivity contribution in [1.82, 2.24) is 9.13 Å². The third-order valence-electron chi connectivity index (χ3n) is 9.88. The monoisotopic (exact) mass is 671 g/mol. The van der Waals surface area contributed by atoms with Gasteiger partial charge in [-0.1, -0.05) is 85.0 Å². The molecule has 2 heterocycles. The molecule has 0 spiro atoms. The fourth-order valence-electron chi connectivity index (χ4n) is 7.55. The van der Waals surface area contributed by atoms with Crippen molar-refractivity contribution in [3.63, 3.8) is 0 Å². The van der Waals surface area contributed by atoms with Crippen LogP contribution in [-0.4, -0.2) is 9.13 Å². The van der Waals surface area contributed by atoms with Crippen molar-refractivity contribution >= 4 is 45.2 Å². The van der Waals surface area contributed by atoms with Crippen LogP contribution in [0.3, 0.4) is 0 Å². The second-order valence-electron chi connectivity index (χ2n) is 12.9. The minimum atomic E-state index is 0.299. The predicted octanol–water partition coefficient (Wildman–Crippen LogP) is 11.6. The Morgan fingerprint density at radius 2 is 1.65 bits per heavy atom. The summed E-state index contributed by atoms with van der Waals surface area (Å²) in [7, 11) is 0. The summed E-state index contributed by atoms with van der Waals surface area (Å²) in [5, 5.41) is 31.0. The normalized spacial score (nSPS) is 13.1. The van der Waals surface area contributed by atoms with Crippen molar-refractivity contribution in [2.75, 3.05) is 0 Å². The molecule has 0 aliphatic heterocycles. The number of fused-ring (bicyclic) bond motifs is 4. The molecule has 0 unspecified atom stereocenters. The standard InChI is InChI=1S/C47H37N5/c1-4-11-40-43-27-33(30-49)19-25-46(43)52(44(40)12-5-2)38-14-10-13-37(29-38)35-20-22-36(23-21-35)39(15-8-9-26-48)32(3)51-45-17-7-6-16-41(45)42-24-18-34(31-50)28-47(42)51/h4-8,10,12-18,20-24,27-29H,1,9,11,19,25H2,2-3H3/b12-5-,15-8-,39-32-. The molecule has 0 saturated carbocycles. The summed E-state index contributed by atoms with van der Waals surface area (Å²) >= 11 is 0. The van der Waals surface area contributed by atoms with Crippen molar-refractivity contribution in [2.45, 2.75) is 39.5 Å². The van der Waals surface area contributed by atoms with Gasteiger partial charge in [0, 0.05) is 50.3 Å². The van der Waals surface area contributed by atoms with Crippen molar-refractivity contribution in [1.29, 1.82) is 15.8 Å². The van der Waals surface area contributed by atoms with Crippen molar-refractivity contribution in [2.24, 2.45) is 0 Å². The molecule has 6 aromatic rings. The Bertz CT molecular complexity index is 2630. The SMILES string of the molecule is C=CCc1c2c(n(-c3cccc(-c4ccc(C(/C=C\CC#N)=C(/C)n5c6ccccc6c6ccc(C#N)cc65)cc4)c3)c1/C=C\C)CCC(C#N)=C2. The maximum absolute atomic E-state index is 9.73. The summed E-state index contributed by atoms with van der Waals surface area (Å²) in [6.07, 6.45) is 14.7. The van der Waals surface area contributed by atoms with Crippen LogP contribution >= 0.6 is 0 Å². The van der Waals surface area contributed by atoms with Crippen LogP contribution in [0.15, 0.2) is 127 Å². The van der Waals surface area contributed by atoms with Gasteiger partial charge in [0.15, 0.2) is 0 Å². The molecule has 5 heteroatoms. The van der Waals surface area contributed by atoms with E-state index >= 15 is 0 Å². The van der Waals surface area contributed by atoms with E-state index in [1.165, 1.54) is 11.3 Å². The molecule has 7 rings (SSSR count). The highest BCUT2D eigenvalue weighted by Gasteiger charge is 2.24. The van der Waals surface area contributed by atoms with Crippen LogP contribution in [0.4, 0.5) is 0 Å². The molecule has 0 atom stereocenters. The van der Waals surface area contributed by atoms with E-state index in [-0.39, 0.29) is 0 Å². The summed E-state index contributed by atoms with van der Waals surface area (Å²) < 4.78 is 4.58. The van der Waals surface area contributed by atoms with E-state index in [0.29, 0.717) is 12.0 Å². The summed E-state index contributed by atoms with van der Waals surface area (Å²) in [6, 6.07) is 38.3. The van der Waals surface area contributed by atoms with E-state index in [4.69, 9.17) is 0 Å². The van der Waals surface area contributed by atoms with Gasteiger partial charge in [-0.2, -0.15) is 15.8 Å². The quantitative estimate of drug-likeness (QED) is 0.113. The Hall–Kier alpha value is -6.87. The molecule has 0 bridgehead atoms. The number of para-hydroxylation sites is 1. The van der Waals surface area contributed by atoms with Gasteiger partial charge in [0.2, 0.25) is 0 Å². The summed E-state index contributed by atoms with van der Waals surface area (Å²) in [4.78, 5) is 0. The van der Waals surface area contributed by atoms with Gasteiger partial charge in [-0.25, -0.2) is 0 Å². The molecule has 1 aliphatic carbocycles. The first-order chi connectivity index (χ1) is 25.5. The topological polar surface area (TPSA) is 81.2 Å². The number of hydrogen-bond acceptors (Lipinski definition) is 3. The van der Waals surface area contributed by atoms with E-state index in [2.05, 4.69) is 120 Å². The molecule has 0 saturated heterocycles. The van der Waals surface area contributed by atoms with E-state index in [0.717, 1.165) is 91.5 Å². The number of nitriles is 3. The zero-order valence-electron chi connectivity index (χ0n) is 29.4. The number of benzene rings is 4. The number of allylic oxidation sites excluding steroid dienone is 7. The first-order valence-electron chi connectivity index (χ1n) is 17.5. The molecule has 4 aromatic carbocycles. The minimum absolute atomic E-state index is 0.299. The number of rotatable bonds is 9. The largest absolute Gasteiger partial charge is 0.313 e. The van der Waals surface area contributed by atoms with Crippen LogP contribution in [0.25, 0.3) is 62.0 Å². The highest BCUT2D eigenvalue weighted by atomic mass is 15.0. The second-order valence-corrected chi connectivity index (χ2v) is 12.9. The Morgan fingerprint density at radius 1 is 0.846 bits per heavy atom. The lowest BCUT2D eigenvalue weighted by molar-refractivity contribution is 0.855. The zero-order chi connectivity index (χ0) is 36.2. The fourth-order valence-corrected chi connectivity index (χ4v) is 7.55. The first-order valence-corrected chi connectivity index (χ1v) is 17.5. The van der Waals surface area contributed by atoms with Crippen LogP contribution in [0.2, 0.25) is 0 Å². The van der Waals surface area contributed by atoms with Crippen LogP contribution in [0.1, 0.15) is 60.3 Å². The van der Waals surface area contributed by atoms with Gasteiger partial charge < -0.3 is 9.13 Å². The predicted molar refractivity (Wildman–Crippen MR) is 214 cm³/mol. The maximum atomic E-state index is 9.73. The van der Waals surface area contributed by atoms with Crippen LogP contribution in [0.5, 0.6) is 0 Å². The molecule has 1 aliphatic rings. The maximum Gasteiger partial charge on any atom is 0.0992 e. The lowest BCUT2D eigenvalue weighted by Gasteiger charge is -2.17. The van der Waals surface area contributed by atoms with Crippen LogP contribution in [0, 0.1) is 34.0 Å². The Labute approximate surface area is 304 Å². The van der Waals surface area contributed by atoms with Gasteiger partial charge in [0.1, 0.15) is 0 Å². The van der Waals surface area contributed by atoms with E-state index in [9.17, 15) is 15.8 Å². The summed E-state index contributed by atoms with van der Waals surface area (Å²) in [5.41, 5.74) is 14.4. The third kappa shape index (κ3) is 5.98. The van der Waals surface area contributed by atoms with E-state index in [1.54, 1.807) is 0 Å². The average Bonchev–Trinajstić information content (AvgIpc) is 3.68. The molecule has 2 aromatic heterocycles. The second kappa shape index (κ2) is 14.5. The average molecular weight is 672 g/mol. The fraction of sp³-hybridized carbons (Fsp3) is 0.128. The summed E-state index contributed by atoms with van der Waals surface area (Å²) in [5.74, 6) is 0. The van der Waals surface area contributed by atoms with Gasteiger partial charge in [-0.3, -0.25) is 0 Å². The molecule has 250 valence electrons. The molecule has 5 nitrogen and oxygen atoms in total. The number of nitrogens with zero attached hydrogens (tertiary/aromatic N) is 5. The molecule has 0 fully saturated rings. The molecule has 0 amide bonds. The summed E-state index contributed by atoms with van der Waals surface area (Å²) in [6.45, 7) is 8.16. The lowest BCUT2D eigenvalue weighted by Crippen LogP contribution is -2.06. The van der Waals surface area contributed by atoms with Gasteiger partial charge in [0.05, 0.1) is 41.2 Å². The molecular formula is C47H37N5. The highest BCUT2D eigenvalue weighted by molar-refractivity contribution is 6.11. The number of aromatic nitrogens is 2.